The monoisotopic (exact) mass is 327 g/mol. The molecular weight excluding hydrogens is 305 g/mol. The van der Waals surface area contributed by atoms with E-state index in [1.54, 1.807) is 6.07 Å². The van der Waals surface area contributed by atoms with Gasteiger partial charge in [0, 0.05) is 32.1 Å². The molecule has 1 amide bonds. The number of halogens is 1. The number of hydrogen-bond donors (Lipinski definition) is 0. The zero-order chi connectivity index (χ0) is 16.9. The molecule has 1 aromatic heterocycles. The lowest BCUT2D eigenvalue weighted by atomic mass is 10.1. The van der Waals surface area contributed by atoms with E-state index in [1.807, 2.05) is 48.2 Å². The van der Waals surface area contributed by atoms with Gasteiger partial charge in [-0.3, -0.25) is 4.79 Å². The van der Waals surface area contributed by atoms with Gasteiger partial charge in [-0.2, -0.15) is 4.39 Å². The van der Waals surface area contributed by atoms with Crippen LogP contribution in [0.5, 0.6) is 0 Å². The second kappa shape index (κ2) is 7.43. The van der Waals surface area contributed by atoms with Crippen molar-refractivity contribution in [1.29, 1.82) is 0 Å². The lowest BCUT2D eigenvalue weighted by molar-refractivity contribution is -0.131. The first-order valence-corrected chi connectivity index (χ1v) is 8.34. The fourth-order valence-electron chi connectivity index (χ4n) is 3.14. The molecule has 126 valence electrons. The van der Waals surface area contributed by atoms with E-state index >= 15 is 0 Å². The van der Waals surface area contributed by atoms with Crippen molar-refractivity contribution >= 4 is 11.7 Å². The molecule has 0 bridgehead atoms. The SMILES string of the molecule is CC1CN(C(=O)CCc2ccccc2)CCN1c1cccc(F)n1. The van der Waals surface area contributed by atoms with Crippen molar-refractivity contribution in [2.75, 3.05) is 24.5 Å². The number of hydrogen-bond acceptors (Lipinski definition) is 3. The molecule has 1 aliphatic rings. The molecule has 0 aliphatic carbocycles. The Morgan fingerprint density at radius 2 is 1.96 bits per heavy atom. The summed E-state index contributed by atoms with van der Waals surface area (Å²) in [4.78, 5) is 20.4. The van der Waals surface area contributed by atoms with E-state index in [1.165, 1.54) is 11.6 Å². The number of pyridine rings is 1. The fraction of sp³-hybridized carbons (Fsp3) is 0.368. The normalized spacial score (nSPS) is 17.8. The summed E-state index contributed by atoms with van der Waals surface area (Å²) in [5.41, 5.74) is 1.18. The van der Waals surface area contributed by atoms with Crippen molar-refractivity contribution in [3.63, 3.8) is 0 Å². The van der Waals surface area contributed by atoms with Crippen molar-refractivity contribution < 1.29 is 9.18 Å². The van der Waals surface area contributed by atoms with Crippen LogP contribution in [0, 0.1) is 5.95 Å². The van der Waals surface area contributed by atoms with Crippen LogP contribution < -0.4 is 4.90 Å². The number of piperazine rings is 1. The minimum Gasteiger partial charge on any atom is -0.350 e. The van der Waals surface area contributed by atoms with E-state index in [4.69, 9.17) is 0 Å². The summed E-state index contributed by atoms with van der Waals surface area (Å²) in [5, 5.41) is 0. The molecule has 0 N–H and O–H groups in total. The third-order valence-electron chi connectivity index (χ3n) is 4.45. The number of aryl methyl sites for hydroxylation is 1. The summed E-state index contributed by atoms with van der Waals surface area (Å²) in [7, 11) is 0. The zero-order valence-corrected chi connectivity index (χ0v) is 13.9. The minimum atomic E-state index is -0.471. The van der Waals surface area contributed by atoms with E-state index in [0.29, 0.717) is 31.9 Å². The molecule has 3 rings (SSSR count). The maximum Gasteiger partial charge on any atom is 0.223 e. The Hall–Kier alpha value is -2.43. The van der Waals surface area contributed by atoms with Crippen molar-refractivity contribution in [3.05, 3.63) is 60.0 Å². The standard InChI is InChI=1S/C19H22FN3O/c1-15-14-22(19(24)11-10-16-6-3-2-4-7-16)12-13-23(15)18-9-5-8-17(20)21-18/h2-9,15H,10-14H2,1H3. The van der Waals surface area contributed by atoms with Gasteiger partial charge in [0.2, 0.25) is 11.9 Å². The van der Waals surface area contributed by atoms with Crippen molar-refractivity contribution in [2.24, 2.45) is 0 Å². The number of carbonyl (C=O) groups excluding carboxylic acids is 1. The predicted molar refractivity (Wildman–Crippen MR) is 92.3 cm³/mol. The fourth-order valence-corrected chi connectivity index (χ4v) is 3.14. The number of aromatic nitrogens is 1. The molecule has 0 radical (unpaired) electrons. The van der Waals surface area contributed by atoms with Gasteiger partial charge in [0.05, 0.1) is 0 Å². The largest absolute Gasteiger partial charge is 0.350 e. The van der Waals surface area contributed by atoms with Gasteiger partial charge in [0.1, 0.15) is 5.82 Å². The average molecular weight is 327 g/mol. The van der Waals surface area contributed by atoms with Crippen LogP contribution in [0.25, 0.3) is 0 Å². The Kier molecular flexibility index (Phi) is 5.08. The van der Waals surface area contributed by atoms with Crippen LogP contribution in [-0.2, 0) is 11.2 Å². The second-order valence-corrected chi connectivity index (χ2v) is 6.19. The summed E-state index contributed by atoms with van der Waals surface area (Å²) >= 11 is 0. The van der Waals surface area contributed by atoms with Crippen molar-refractivity contribution in [1.82, 2.24) is 9.88 Å². The summed E-state index contributed by atoms with van der Waals surface area (Å²) in [6.45, 7) is 4.01. The molecule has 0 saturated carbocycles. The second-order valence-electron chi connectivity index (χ2n) is 6.19. The maximum absolute atomic E-state index is 13.3. The highest BCUT2D eigenvalue weighted by molar-refractivity contribution is 5.76. The molecule has 1 atom stereocenters. The number of rotatable bonds is 4. The Morgan fingerprint density at radius 1 is 1.17 bits per heavy atom. The van der Waals surface area contributed by atoms with Gasteiger partial charge in [-0.15, -0.1) is 0 Å². The van der Waals surface area contributed by atoms with Crippen LogP contribution in [-0.4, -0.2) is 41.5 Å². The van der Waals surface area contributed by atoms with E-state index in [0.717, 1.165) is 6.42 Å². The Morgan fingerprint density at radius 3 is 2.67 bits per heavy atom. The zero-order valence-electron chi connectivity index (χ0n) is 13.9. The minimum absolute atomic E-state index is 0.119. The summed E-state index contributed by atoms with van der Waals surface area (Å²) in [5.74, 6) is 0.345. The van der Waals surface area contributed by atoms with Crippen molar-refractivity contribution in [3.8, 4) is 0 Å². The van der Waals surface area contributed by atoms with Gasteiger partial charge in [0.15, 0.2) is 0 Å². The van der Waals surface area contributed by atoms with Crippen LogP contribution in [0.2, 0.25) is 0 Å². The van der Waals surface area contributed by atoms with Gasteiger partial charge in [-0.05, 0) is 31.0 Å². The first kappa shape index (κ1) is 16.4. The van der Waals surface area contributed by atoms with E-state index in [-0.39, 0.29) is 11.9 Å². The molecular formula is C19H22FN3O. The molecule has 1 aromatic carbocycles. The Bertz CT molecular complexity index is 692. The summed E-state index contributed by atoms with van der Waals surface area (Å²) in [6, 6.07) is 15.0. The molecule has 24 heavy (non-hydrogen) atoms. The maximum atomic E-state index is 13.3. The number of anilines is 1. The highest BCUT2D eigenvalue weighted by atomic mass is 19.1. The van der Waals surface area contributed by atoms with E-state index in [9.17, 15) is 9.18 Å². The van der Waals surface area contributed by atoms with Gasteiger partial charge in [-0.1, -0.05) is 36.4 Å². The van der Waals surface area contributed by atoms with Crippen LogP contribution in [0.1, 0.15) is 18.9 Å². The first-order valence-electron chi connectivity index (χ1n) is 8.34. The number of carbonyl (C=O) groups is 1. The Labute approximate surface area is 141 Å². The topological polar surface area (TPSA) is 36.4 Å². The van der Waals surface area contributed by atoms with Crippen LogP contribution in [0.3, 0.4) is 0 Å². The third kappa shape index (κ3) is 3.91. The van der Waals surface area contributed by atoms with E-state index < -0.39 is 5.95 Å². The van der Waals surface area contributed by atoms with Crippen LogP contribution in [0.4, 0.5) is 10.2 Å². The number of benzene rings is 1. The molecule has 1 aliphatic heterocycles. The summed E-state index contributed by atoms with van der Waals surface area (Å²) in [6.07, 6.45) is 1.29. The predicted octanol–water partition coefficient (Wildman–Crippen LogP) is 2.89. The smallest absolute Gasteiger partial charge is 0.223 e. The molecule has 2 aromatic rings. The highest BCUT2D eigenvalue weighted by Gasteiger charge is 2.27. The molecule has 1 unspecified atom stereocenters. The average Bonchev–Trinajstić information content (AvgIpc) is 2.60. The van der Waals surface area contributed by atoms with Crippen molar-refractivity contribution in [2.45, 2.75) is 25.8 Å². The van der Waals surface area contributed by atoms with Crippen LogP contribution >= 0.6 is 0 Å². The van der Waals surface area contributed by atoms with E-state index in [2.05, 4.69) is 9.88 Å². The Balaban J connectivity index is 1.56. The first-order chi connectivity index (χ1) is 11.6. The lowest BCUT2D eigenvalue weighted by Gasteiger charge is -2.40. The number of nitrogens with zero attached hydrogens (tertiary/aromatic N) is 3. The molecule has 2 heterocycles. The summed E-state index contributed by atoms with van der Waals surface area (Å²) < 4.78 is 13.3. The molecule has 1 fully saturated rings. The van der Waals surface area contributed by atoms with Crippen LogP contribution in [0.15, 0.2) is 48.5 Å². The highest BCUT2D eigenvalue weighted by Crippen LogP contribution is 2.19. The third-order valence-corrected chi connectivity index (χ3v) is 4.45. The van der Waals surface area contributed by atoms with Gasteiger partial charge >= 0.3 is 0 Å². The number of amides is 1. The van der Waals surface area contributed by atoms with Gasteiger partial charge in [0.25, 0.3) is 0 Å². The lowest BCUT2D eigenvalue weighted by Crippen LogP contribution is -2.54. The van der Waals surface area contributed by atoms with Gasteiger partial charge < -0.3 is 9.80 Å². The molecule has 5 heteroatoms. The molecule has 0 spiro atoms. The molecule has 1 saturated heterocycles. The molecule has 4 nitrogen and oxygen atoms in total. The quantitative estimate of drug-likeness (QED) is 0.810. The van der Waals surface area contributed by atoms with Gasteiger partial charge in [-0.25, -0.2) is 4.98 Å².